The summed E-state index contributed by atoms with van der Waals surface area (Å²) < 4.78 is 11.1. The molecule has 0 aromatic heterocycles. The van der Waals surface area contributed by atoms with Crippen LogP contribution in [-0.4, -0.2) is 11.9 Å². The zero-order chi connectivity index (χ0) is 25.5. The Morgan fingerprint density at radius 1 is 0.405 bits per heavy atom. The van der Waals surface area contributed by atoms with Gasteiger partial charge in [0.15, 0.2) is 0 Å². The molecule has 0 radical (unpaired) electrons. The van der Waals surface area contributed by atoms with Crippen LogP contribution in [-0.2, 0) is 0 Å². The second-order valence-electron chi connectivity index (χ2n) is 8.17. The van der Waals surface area contributed by atoms with E-state index in [9.17, 15) is 9.59 Å². The second kappa shape index (κ2) is 11.1. The van der Waals surface area contributed by atoms with Crippen LogP contribution in [0.5, 0.6) is 11.5 Å². The van der Waals surface area contributed by atoms with Crippen molar-refractivity contribution in [1.29, 1.82) is 0 Å². The molecule has 0 heterocycles. The zero-order valence-corrected chi connectivity index (χ0v) is 19.9. The van der Waals surface area contributed by atoms with Crippen molar-refractivity contribution in [2.75, 3.05) is 4.90 Å². The van der Waals surface area contributed by atoms with Gasteiger partial charge in [0, 0.05) is 17.1 Å². The standard InChI is InChI=1S/C32H23NO4/c34-31(24-10-4-1-5-11-24)36-29-20-16-27(17-21-29)33(26-14-8-3-9-15-26)28-18-22-30(23-19-28)37-32(35)25-12-6-2-7-13-25/h1-23H. The van der Waals surface area contributed by atoms with Crippen LogP contribution in [0.25, 0.3) is 0 Å². The van der Waals surface area contributed by atoms with Crippen molar-refractivity contribution in [2.45, 2.75) is 0 Å². The second-order valence-corrected chi connectivity index (χ2v) is 8.17. The molecule has 180 valence electrons. The molecule has 0 N–H and O–H groups in total. The van der Waals surface area contributed by atoms with Gasteiger partial charge in [-0.25, -0.2) is 9.59 Å². The first-order valence-electron chi connectivity index (χ1n) is 11.8. The van der Waals surface area contributed by atoms with Crippen LogP contribution in [0.4, 0.5) is 17.1 Å². The summed E-state index contributed by atoms with van der Waals surface area (Å²) >= 11 is 0. The Labute approximate surface area is 215 Å². The average molecular weight is 486 g/mol. The van der Waals surface area contributed by atoms with E-state index < -0.39 is 11.9 Å². The third kappa shape index (κ3) is 5.74. The van der Waals surface area contributed by atoms with Gasteiger partial charge >= 0.3 is 11.9 Å². The lowest BCUT2D eigenvalue weighted by molar-refractivity contribution is 0.0725. The van der Waals surface area contributed by atoms with Gasteiger partial charge in [0.2, 0.25) is 0 Å². The van der Waals surface area contributed by atoms with Crippen molar-refractivity contribution < 1.29 is 19.1 Å². The van der Waals surface area contributed by atoms with Crippen molar-refractivity contribution in [1.82, 2.24) is 0 Å². The molecule has 37 heavy (non-hydrogen) atoms. The molecule has 5 heteroatoms. The molecule has 5 nitrogen and oxygen atoms in total. The molecule has 0 aliphatic heterocycles. The lowest BCUT2D eigenvalue weighted by Crippen LogP contribution is -2.11. The van der Waals surface area contributed by atoms with Crippen LogP contribution in [0.2, 0.25) is 0 Å². The molecule has 0 saturated heterocycles. The number of anilines is 3. The van der Waals surface area contributed by atoms with Crippen LogP contribution in [0.15, 0.2) is 140 Å². The first-order valence-corrected chi connectivity index (χ1v) is 11.8. The van der Waals surface area contributed by atoms with E-state index in [-0.39, 0.29) is 0 Å². The van der Waals surface area contributed by atoms with Crippen molar-refractivity contribution in [3.8, 4) is 11.5 Å². The smallest absolute Gasteiger partial charge is 0.343 e. The highest BCUT2D eigenvalue weighted by Gasteiger charge is 2.15. The third-order valence-corrected chi connectivity index (χ3v) is 5.64. The van der Waals surface area contributed by atoms with E-state index in [1.807, 2.05) is 66.7 Å². The Balaban J connectivity index is 1.37. The normalized spacial score (nSPS) is 10.4. The molecular formula is C32H23NO4. The van der Waals surface area contributed by atoms with E-state index in [2.05, 4.69) is 4.90 Å². The van der Waals surface area contributed by atoms with Gasteiger partial charge in [0.05, 0.1) is 11.1 Å². The molecule has 0 aliphatic carbocycles. The number of hydrogen-bond acceptors (Lipinski definition) is 5. The van der Waals surface area contributed by atoms with Crippen molar-refractivity contribution in [3.05, 3.63) is 151 Å². The molecule has 5 aromatic carbocycles. The lowest BCUT2D eigenvalue weighted by Gasteiger charge is -2.25. The first-order chi connectivity index (χ1) is 18.2. The summed E-state index contributed by atoms with van der Waals surface area (Å²) in [7, 11) is 0. The highest BCUT2D eigenvalue weighted by molar-refractivity contribution is 5.91. The summed E-state index contributed by atoms with van der Waals surface area (Å²) in [5.41, 5.74) is 3.68. The summed E-state index contributed by atoms with van der Waals surface area (Å²) in [6.07, 6.45) is 0. The fourth-order valence-corrected chi connectivity index (χ4v) is 3.83. The Hall–Kier alpha value is -5.16. The zero-order valence-electron chi connectivity index (χ0n) is 19.9. The van der Waals surface area contributed by atoms with Crippen LogP contribution >= 0.6 is 0 Å². The highest BCUT2D eigenvalue weighted by atomic mass is 16.5. The number of carbonyl (C=O) groups excluding carboxylic acids is 2. The van der Waals surface area contributed by atoms with Gasteiger partial charge in [-0.05, 0) is 84.9 Å². The van der Waals surface area contributed by atoms with Crippen molar-refractivity contribution >= 4 is 29.0 Å². The van der Waals surface area contributed by atoms with Gasteiger partial charge in [0.1, 0.15) is 11.5 Å². The summed E-state index contributed by atoms with van der Waals surface area (Å²) in [6, 6.07) is 42.3. The number of hydrogen-bond donors (Lipinski definition) is 0. The highest BCUT2D eigenvalue weighted by Crippen LogP contribution is 2.36. The van der Waals surface area contributed by atoms with Gasteiger partial charge < -0.3 is 14.4 Å². The number of esters is 2. The van der Waals surface area contributed by atoms with Crippen LogP contribution < -0.4 is 14.4 Å². The van der Waals surface area contributed by atoms with Crippen LogP contribution in [0.1, 0.15) is 20.7 Å². The molecule has 0 bridgehead atoms. The maximum atomic E-state index is 12.4. The van der Waals surface area contributed by atoms with Crippen LogP contribution in [0, 0.1) is 0 Å². The Morgan fingerprint density at radius 2 is 0.730 bits per heavy atom. The topological polar surface area (TPSA) is 55.8 Å². The molecule has 5 rings (SSSR count). The van der Waals surface area contributed by atoms with Crippen LogP contribution in [0.3, 0.4) is 0 Å². The molecule has 0 aliphatic rings. The molecule has 0 unspecified atom stereocenters. The summed E-state index contributed by atoms with van der Waals surface area (Å²) in [5.74, 6) is 0.0883. The molecule has 0 fully saturated rings. The van der Waals surface area contributed by atoms with Gasteiger partial charge in [-0.2, -0.15) is 0 Å². The third-order valence-electron chi connectivity index (χ3n) is 5.64. The van der Waals surface area contributed by atoms with Gasteiger partial charge in [-0.3, -0.25) is 0 Å². The number of carbonyl (C=O) groups is 2. The van der Waals surface area contributed by atoms with Gasteiger partial charge in [0.25, 0.3) is 0 Å². The number of ether oxygens (including phenoxy) is 2. The molecule has 0 atom stereocenters. The largest absolute Gasteiger partial charge is 0.423 e. The minimum absolute atomic E-state index is 0.408. The summed E-state index contributed by atoms with van der Waals surface area (Å²) in [5, 5.41) is 0. The quantitative estimate of drug-likeness (QED) is 0.176. The molecule has 0 saturated carbocycles. The van der Waals surface area contributed by atoms with E-state index in [1.165, 1.54) is 0 Å². The minimum atomic E-state index is -0.408. The van der Waals surface area contributed by atoms with Crippen molar-refractivity contribution in [3.63, 3.8) is 0 Å². The fourth-order valence-electron chi connectivity index (χ4n) is 3.83. The minimum Gasteiger partial charge on any atom is -0.423 e. The van der Waals surface area contributed by atoms with Gasteiger partial charge in [-0.15, -0.1) is 0 Å². The predicted octanol–water partition coefficient (Wildman–Crippen LogP) is 7.59. The molecule has 0 amide bonds. The van der Waals surface area contributed by atoms with E-state index in [0.717, 1.165) is 17.1 Å². The number of nitrogens with zero attached hydrogens (tertiary/aromatic N) is 1. The maximum Gasteiger partial charge on any atom is 0.343 e. The lowest BCUT2D eigenvalue weighted by atomic mass is 10.2. The summed E-state index contributed by atoms with van der Waals surface area (Å²) in [6.45, 7) is 0. The first kappa shape index (κ1) is 23.6. The number of benzene rings is 5. The Bertz CT molecular complexity index is 1370. The Kier molecular flexibility index (Phi) is 7.04. The SMILES string of the molecule is O=C(Oc1ccc(N(c2ccccc2)c2ccc(OC(=O)c3ccccc3)cc2)cc1)c1ccccc1. The predicted molar refractivity (Wildman–Crippen MR) is 144 cm³/mol. The van der Waals surface area contributed by atoms with E-state index in [4.69, 9.17) is 9.47 Å². The van der Waals surface area contributed by atoms with Gasteiger partial charge in [-0.1, -0.05) is 54.6 Å². The fraction of sp³-hybridized carbons (Fsp3) is 0. The maximum absolute atomic E-state index is 12.4. The number of rotatable bonds is 7. The van der Waals surface area contributed by atoms with E-state index >= 15 is 0 Å². The average Bonchev–Trinajstić information content (AvgIpc) is 2.96. The summed E-state index contributed by atoms with van der Waals surface area (Å²) in [4.78, 5) is 26.9. The van der Waals surface area contributed by atoms with Crippen molar-refractivity contribution in [2.24, 2.45) is 0 Å². The van der Waals surface area contributed by atoms with E-state index in [1.54, 1.807) is 72.8 Å². The molecular weight excluding hydrogens is 462 g/mol. The van der Waals surface area contributed by atoms with E-state index in [0.29, 0.717) is 22.6 Å². The molecule has 0 spiro atoms. The molecule has 5 aromatic rings. The monoisotopic (exact) mass is 485 g/mol. The number of para-hydroxylation sites is 1. The Morgan fingerprint density at radius 3 is 1.11 bits per heavy atom.